The van der Waals surface area contributed by atoms with Crippen LogP contribution in [0.4, 0.5) is 4.39 Å². The van der Waals surface area contributed by atoms with E-state index in [-0.39, 0.29) is 17.1 Å². The predicted octanol–water partition coefficient (Wildman–Crippen LogP) is 3.20. The Kier molecular flexibility index (Phi) is 5.12. The lowest BCUT2D eigenvalue weighted by Crippen LogP contribution is -2.23. The molecule has 2 aromatic rings. The Morgan fingerprint density at radius 2 is 1.86 bits per heavy atom. The topological polar surface area (TPSA) is 55.4 Å². The summed E-state index contributed by atoms with van der Waals surface area (Å²) in [6.45, 7) is 0.258. The van der Waals surface area contributed by atoms with Crippen molar-refractivity contribution in [1.82, 2.24) is 5.32 Å². The monoisotopic (exact) mass is 321 g/mol. The fourth-order valence-corrected chi connectivity index (χ4v) is 2.08. The van der Waals surface area contributed by atoms with Crippen LogP contribution in [0, 0.1) is 5.82 Å². The number of ether oxygens (including phenoxy) is 1. The van der Waals surface area contributed by atoms with E-state index in [0.29, 0.717) is 5.56 Å². The maximum absolute atomic E-state index is 12.9. The molecule has 0 radical (unpaired) electrons. The molecule has 0 aliphatic heterocycles. The molecule has 0 aliphatic carbocycles. The number of amides is 1. The maximum Gasteiger partial charge on any atom is 0.337 e. The maximum atomic E-state index is 12.9. The van der Waals surface area contributed by atoms with Gasteiger partial charge in [0.05, 0.1) is 23.3 Å². The number of halogens is 2. The van der Waals surface area contributed by atoms with Crippen LogP contribution >= 0.6 is 11.6 Å². The minimum absolute atomic E-state index is 0.0542. The number of benzene rings is 2. The van der Waals surface area contributed by atoms with Crippen molar-refractivity contribution >= 4 is 23.5 Å². The SMILES string of the molecule is COC(=O)c1ccc(CNC(=O)c2ccc(F)cc2Cl)cc1. The summed E-state index contributed by atoms with van der Waals surface area (Å²) in [5, 5.41) is 2.73. The fourth-order valence-electron chi connectivity index (χ4n) is 1.83. The van der Waals surface area contributed by atoms with Gasteiger partial charge in [-0.15, -0.1) is 0 Å². The Bertz CT molecular complexity index is 701. The van der Waals surface area contributed by atoms with Crippen LogP contribution in [-0.2, 0) is 11.3 Å². The lowest BCUT2D eigenvalue weighted by Gasteiger charge is -2.07. The molecule has 0 aromatic heterocycles. The first-order valence-electron chi connectivity index (χ1n) is 6.42. The van der Waals surface area contributed by atoms with Crippen LogP contribution in [0.15, 0.2) is 42.5 Å². The Labute approximate surface area is 131 Å². The van der Waals surface area contributed by atoms with E-state index in [2.05, 4.69) is 10.1 Å². The van der Waals surface area contributed by atoms with Crippen molar-refractivity contribution in [2.45, 2.75) is 6.54 Å². The van der Waals surface area contributed by atoms with Gasteiger partial charge >= 0.3 is 5.97 Å². The molecule has 1 N–H and O–H groups in total. The van der Waals surface area contributed by atoms with Crippen LogP contribution in [0.2, 0.25) is 5.02 Å². The highest BCUT2D eigenvalue weighted by molar-refractivity contribution is 6.33. The van der Waals surface area contributed by atoms with Crippen LogP contribution in [-0.4, -0.2) is 19.0 Å². The molecule has 1 amide bonds. The van der Waals surface area contributed by atoms with Gasteiger partial charge in [-0.05, 0) is 35.9 Å². The van der Waals surface area contributed by atoms with Gasteiger partial charge in [-0.25, -0.2) is 9.18 Å². The van der Waals surface area contributed by atoms with Gasteiger partial charge in [0.2, 0.25) is 0 Å². The summed E-state index contributed by atoms with van der Waals surface area (Å²) in [7, 11) is 1.31. The minimum Gasteiger partial charge on any atom is -0.465 e. The van der Waals surface area contributed by atoms with Crippen molar-refractivity contribution < 1.29 is 18.7 Å². The highest BCUT2D eigenvalue weighted by Gasteiger charge is 2.11. The number of methoxy groups -OCH3 is 1. The van der Waals surface area contributed by atoms with E-state index in [1.54, 1.807) is 24.3 Å². The van der Waals surface area contributed by atoms with Crippen molar-refractivity contribution in [3.63, 3.8) is 0 Å². The largest absolute Gasteiger partial charge is 0.465 e. The first-order valence-corrected chi connectivity index (χ1v) is 6.79. The van der Waals surface area contributed by atoms with Gasteiger partial charge in [-0.3, -0.25) is 4.79 Å². The first-order chi connectivity index (χ1) is 10.5. The second-order valence-electron chi connectivity index (χ2n) is 4.50. The summed E-state index contributed by atoms with van der Waals surface area (Å²) in [6.07, 6.45) is 0. The normalized spacial score (nSPS) is 10.1. The number of nitrogens with one attached hydrogen (secondary N) is 1. The number of hydrogen-bond donors (Lipinski definition) is 1. The quantitative estimate of drug-likeness (QED) is 0.880. The smallest absolute Gasteiger partial charge is 0.337 e. The molecule has 4 nitrogen and oxygen atoms in total. The highest BCUT2D eigenvalue weighted by atomic mass is 35.5. The van der Waals surface area contributed by atoms with Gasteiger partial charge in [-0.2, -0.15) is 0 Å². The molecule has 6 heteroatoms. The third-order valence-corrected chi connectivity index (χ3v) is 3.32. The van der Waals surface area contributed by atoms with Gasteiger partial charge in [0.25, 0.3) is 5.91 Å². The van der Waals surface area contributed by atoms with Gasteiger partial charge < -0.3 is 10.1 Å². The molecule has 0 unspecified atom stereocenters. The number of esters is 1. The molecule has 0 atom stereocenters. The van der Waals surface area contributed by atoms with Crippen molar-refractivity contribution in [3.8, 4) is 0 Å². The number of carbonyl (C=O) groups is 2. The minimum atomic E-state index is -0.500. The Morgan fingerprint density at radius 3 is 2.45 bits per heavy atom. The van der Waals surface area contributed by atoms with Crippen molar-refractivity contribution in [2.24, 2.45) is 0 Å². The molecular weight excluding hydrogens is 309 g/mol. The Morgan fingerprint density at radius 1 is 1.18 bits per heavy atom. The highest BCUT2D eigenvalue weighted by Crippen LogP contribution is 2.17. The molecule has 0 saturated heterocycles. The fraction of sp³-hybridized carbons (Fsp3) is 0.125. The van der Waals surface area contributed by atoms with Crippen LogP contribution in [0.3, 0.4) is 0 Å². The third-order valence-electron chi connectivity index (χ3n) is 3.00. The van der Waals surface area contributed by atoms with Gasteiger partial charge in [0.15, 0.2) is 0 Å². The molecule has 2 rings (SSSR count). The predicted molar refractivity (Wildman–Crippen MR) is 80.4 cm³/mol. The second kappa shape index (κ2) is 7.04. The molecule has 2 aromatic carbocycles. The molecule has 0 fully saturated rings. The average Bonchev–Trinajstić information content (AvgIpc) is 2.52. The molecule has 0 spiro atoms. The van der Waals surface area contributed by atoms with Crippen molar-refractivity contribution in [1.29, 1.82) is 0 Å². The summed E-state index contributed by atoms with van der Waals surface area (Å²) in [6, 6.07) is 10.2. The standard InChI is InChI=1S/C16H13ClFNO3/c1-22-16(21)11-4-2-10(3-5-11)9-19-15(20)13-7-6-12(18)8-14(13)17/h2-8H,9H2,1H3,(H,19,20). The van der Waals surface area contributed by atoms with E-state index in [1.807, 2.05) is 0 Å². The van der Waals surface area contributed by atoms with Gasteiger partial charge in [-0.1, -0.05) is 23.7 Å². The molecule has 0 saturated carbocycles. The van der Waals surface area contributed by atoms with Crippen LogP contribution in [0.1, 0.15) is 26.3 Å². The van der Waals surface area contributed by atoms with Crippen LogP contribution < -0.4 is 5.32 Å². The van der Waals surface area contributed by atoms with E-state index in [9.17, 15) is 14.0 Å². The molecule has 0 heterocycles. The van der Waals surface area contributed by atoms with Crippen LogP contribution in [0.5, 0.6) is 0 Å². The summed E-state index contributed by atoms with van der Waals surface area (Å²) in [4.78, 5) is 23.3. The van der Waals surface area contributed by atoms with Gasteiger partial charge in [0.1, 0.15) is 5.82 Å². The third kappa shape index (κ3) is 3.83. The van der Waals surface area contributed by atoms with E-state index < -0.39 is 17.7 Å². The number of rotatable bonds is 4. The second-order valence-corrected chi connectivity index (χ2v) is 4.90. The zero-order valence-corrected chi connectivity index (χ0v) is 12.5. The van der Waals surface area contributed by atoms with Gasteiger partial charge in [0, 0.05) is 6.54 Å². The molecule has 0 bridgehead atoms. The van der Waals surface area contributed by atoms with Crippen molar-refractivity contribution in [3.05, 3.63) is 70.0 Å². The summed E-state index contributed by atoms with van der Waals surface area (Å²) >= 11 is 5.83. The van der Waals surface area contributed by atoms with E-state index >= 15 is 0 Å². The molecular formula is C16H13ClFNO3. The van der Waals surface area contributed by atoms with E-state index in [4.69, 9.17) is 11.6 Å². The number of carbonyl (C=O) groups excluding carboxylic acids is 2. The lowest BCUT2D eigenvalue weighted by molar-refractivity contribution is 0.0600. The Balaban J connectivity index is 2.00. The molecule has 114 valence electrons. The summed E-state index contributed by atoms with van der Waals surface area (Å²) < 4.78 is 17.5. The zero-order valence-electron chi connectivity index (χ0n) is 11.7. The Hall–Kier alpha value is -2.40. The summed E-state index contributed by atoms with van der Waals surface area (Å²) in [5.41, 5.74) is 1.44. The van der Waals surface area contributed by atoms with Crippen LogP contribution in [0.25, 0.3) is 0 Å². The summed E-state index contributed by atoms with van der Waals surface area (Å²) in [5.74, 6) is -1.32. The van der Waals surface area contributed by atoms with Crippen molar-refractivity contribution in [2.75, 3.05) is 7.11 Å². The van der Waals surface area contributed by atoms with E-state index in [1.165, 1.54) is 19.2 Å². The van der Waals surface area contributed by atoms with E-state index in [0.717, 1.165) is 11.6 Å². The lowest BCUT2D eigenvalue weighted by atomic mass is 10.1. The first kappa shape index (κ1) is 16.0. The zero-order chi connectivity index (χ0) is 16.1. The molecule has 0 aliphatic rings. The average molecular weight is 322 g/mol. The molecule has 22 heavy (non-hydrogen) atoms. The number of hydrogen-bond acceptors (Lipinski definition) is 3.